The van der Waals surface area contributed by atoms with Crippen LogP contribution < -0.4 is 4.74 Å². The van der Waals surface area contributed by atoms with Crippen LogP contribution in [0.2, 0.25) is 5.02 Å². The number of oxazole rings is 1. The van der Waals surface area contributed by atoms with Crippen LogP contribution in [0.15, 0.2) is 59.1 Å². The normalized spacial score (nSPS) is 10.4. The Balaban J connectivity index is 1.53. The van der Waals surface area contributed by atoms with Gasteiger partial charge in [0.15, 0.2) is 11.7 Å². The zero-order valence-electron chi connectivity index (χ0n) is 14.5. The van der Waals surface area contributed by atoms with Crippen LogP contribution in [-0.4, -0.2) is 24.0 Å². The van der Waals surface area contributed by atoms with Crippen molar-refractivity contribution in [1.29, 1.82) is 0 Å². The van der Waals surface area contributed by atoms with Gasteiger partial charge in [-0.1, -0.05) is 11.6 Å². The predicted octanol–water partition coefficient (Wildman–Crippen LogP) is 4.32. The minimum Gasteiger partial charge on any atom is -0.465 e. The molecule has 27 heavy (non-hydrogen) atoms. The van der Waals surface area contributed by atoms with Crippen LogP contribution in [-0.2, 0) is 16.0 Å². The van der Waals surface area contributed by atoms with E-state index in [1.54, 1.807) is 18.3 Å². The van der Waals surface area contributed by atoms with Gasteiger partial charge in [-0.05, 0) is 48.5 Å². The molecule has 0 fully saturated rings. The number of ether oxygens (including phenoxy) is 2. The number of hydrogen-bond acceptors (Lipinski definition) is 6. The van der Waals surface area contributed by atoms with Crippen molar-refractivity contribution < 1.29 is 23.5 Å². The third-order valence-corrected chi connectivity index (χ3v) is 3.98. The van der Waals surface area contributed by atoms with Crippen LogP contribution in [0.1, 0.15) is 22.7 Å². The van der Waals surface area contributed by atoms with Crippen LogP contribution >= 0.6 is 11.6 Å². The average Bonchev–Trinajstić information content (AvgIpc) is 3.16. The van der Waals surface area contributed by atoms with E-state index in [-0.39, 0.29) is 6.42 Å². The van der Waals surface area contributed by atoms with Crippen LogP contribution in [0.4, 0.5) is 0 Å². The zero-order chi connectivity index (χ0) is 19.2. The van der Waals surface area contributed by atoms with E-state index in [4.69, 9.17) is 20.8 Å². The third-order valence-electron chi connectivity index (χ3n) is 3.73. The average molecular weight is 386 g/mol. The number of carbonyl (C=O) groups is 2. The summed E-state index contributed by atoms with van der Waals surface area (Å²) in [6.07, 6.45) is 2.03. The molecule has 3 rings (SSSR count). The molecular formula is C20H16ClNO5. The molecule has 0 aliphatic rings. The van der Waals surface area contributed by atoms with E-state index in [9.17, 15) is 9.59 Å². The second-order valence-electron chi connectivity index (χ2n) is 5.62. The van der Waals surface area contributed by atoms with E-state index in [1.165, 1.54) is 31.4 Å². The first-order valence-corrected chi connectivity index (χ1v) is 8.52. The smallest absolute Gasteiger partial charge is 0.337 e. The van der Waals surface area contributed by atoms with Gasteiger partial charge in [0.05, 0.1) is 25.3 Å². The number of hydrogen-bond donors (Lipinski definition) is 0. The van der Waals surface area contributed by atoms with Gasteiger partial charge in [-0.25, -0.2) is 9.78 Å². The first kappa shape index (κ1) is 18.7. The number of aryl methyl sites for hydroxylation is 1. The van der Waals surface area contributed by atoms with Crippen LogP contribution in [0.25, 0.3) is 11.3 Å². The summed E-state index contributed by atoms with van der Waals surface area (Å²) in [5.41, 5.74) is 1.23. The Morgan fingerprint density at radius 3 is 2.44 bits per heavy atom. The first-order chi connectivity index (χ1) is 13.0. The third kappa shape index (κ3) is 4.95. The topological polar surface area (TPSA) is 78.6 Å². The summed E-state index contributed by atoms with van der Waals surface area (Å²) in [6, 6.07) is 13.3. The Morgan fingerprint density at radius 1 is 1.07 bits per heavy atom. The van der Waals surface area contributed by atoms with Gasteiger partial charge < -0.3 is 13.9 Å². The Hall–Kier alpha value is -3.12. The molecule has 1 heterocycles. The second kappa shape index (κ2) is 8.51. The molecule has 6 nitrogen and oxygen atoms in total. The molecule has 0 bridgehead atoms. The molecular weight excluding hydrogens is 370 g/mol. The molecule has 0 aliphatic carbocycles. The van der Waals surface area contributed by atoms with Crippen LogP contribution in [0.5, 0.6) is 5.75 Å². The molecule has 0 radical (unpaired) electrons. The minimum absolute atomic E-state index is 0.110. The van der Waals surface area contributed by atoms with Crippen molar-refractivity contribution in [2.24, 2.45) is 0 Å². The molecule has 138 valence electrons. The predicted molar refractivity (Wildman–Crippen MR) is 98.7 cm³/mol. The summed E-state index contributed by atoms with van der Waals surface area (Å²) in [5.74, 6) is 0.522. The van der Waals surface area contributed by atoms with Gasteiger partial charge in [0.1, 0.15) is 5.75 Å². The lowest BCUT2D eigenvalue weighted by atomic mass is 10.2. The largest absolute Gasteiger partial charge is 0.465 e. The number of rotatable bonds is 6. The van der Waals surface area contributed by atoms with Crippen molar-refractivity contribution in [1.82, 2.24) is 4.98 Å². The van der Waals surface area contributed by atoms with Gasteiger partial charge in [0.25, 0.3) is 0 Å². The fourth-order valence-corrected chi connectivity index (χ4v) is 2.47. The minimum atomic E-state index is -0.451. The van der Waals surface area contributed by atoms with E-state index in [1.807, 2.05) is 12.1 Å². The molecule has 0 saturated heterocycles. The molecule has 3 aromatic rings. The Kier molecular flexibility index (Phi) is 5.88. The quantitative estimate of drug-likeness (QED) is 0.464. The molecule has 0 spiro atoms. The van der Waals surface area contributed by atoms with Crippen molar-refractivity contribution in [3.63, 3.8) is 0 Å². The van der Waals surface area contributed by atoms with Crippen molar-refractivity contribution in [3.8, 4) is 17.1 Å². The van der Waals surface area contributed by atoms with Crippen LogP contribution in [0.3, 0.4) is 0 Å². The highest BCUT2D eigenvalue weighted by atomic mass is 35.5. The summed E-state index contributed by atoms with van der Waals surface area (Å²) in [5, 5.41) is 0.640. The SMILES string of the molecule is COC(=O)c1ccc(OC(=O)CCc2ncc(-c3ccc(Cl)cc3)o2)cc1. The van der Waals surface area contributed by atoms with E-state index < -0.39 is 11.9 Å². The highest BCUT2D eigenvalue weighted by molar-refractivity contribution is 6.30. The molecule has 0 N–H and O–H groups in total. The number of esters is 2. The summed E-state index contributed by atoms with van der Waals surface area (Å²) < 4.78 is 15.5. The number of benzene rings is 2. The second-order valence-corrected chi connectivity index (χ2v) is 6.05. The van der Waals surface area contributed by atoms with Crippen molar-refractivity contribution in [3.05, 3.63) is 71.2 Å². The van der Waals surface area contributed by atoms with Crippen molar-refractivity contribution >= 4 is 23.5 Å². The maximum atomic E-state index is 12.0. The van der Waals surface area contributed by atoms with E-state index in [0.29, 0.717) is 34.4 Å². The van der Waals surface area contributed by atoms with Gasteiger partial charge in [0, 0.05) is 17.0 Å². The van der Waals surface area contributed by atoms with Gasteiger partial charge in [-0.2, -0.15) is 0 Å². The number of nitrogens with zero attached hydrogens (tertiary/aromatic N) is 1. The van der Waals surface area contributed by atoms with Crippen molar-refractivity contribution in [2.75, 3.05) is 7.11 Å². The number of methoxy groups -OCH3 is 1. The summed E-state index contributed by atoms with van der Waals surface area (Å²) in [7, 11) is 1.30. The maximum Gasteiger partial charge on any atom is 0.337 e. The molecule has 0 amide bonds. The lowest BCUT2D eigenvalue weighted by Crippen LogP contribution is -2.09. The van der Waals surface area contributed by atoms with E-state index in [0.717, 1.165) is 5.56 Å². The first-order valence-electron chi connectivity index (χ1n) is 8.15. The molecule has 0 aliphatic heterocycles. The Labute approximate surface area is 160 Å². The lowest BCUT2D eigenvalue weighted by Gasteiger charge is -2.04. The number of aromatic nitrogens is 1. The zero-order valence-corrected chi connectivity index (χ0v) is 15.2. The lowest BCUT2D eigenvalue weighted by molar-refractivity contribution is -0.134. The van der Waals surface area contributed by atoms with Gasteiger partial charge in [-0.15, -0.1) is 0 Å². The molecule has 0 unspecified atom stereocenters. The molecule has 1 aromatic heterocycles. The standard InChI is InChI=1S/C20H16ClNO5/c1-25-20(24)14-4-8-16(9-5-14)26-19(23)11-10-18-22-12-17(27-18)13-2-6-15(21)7-3-13/h2-9,12H,10-11H2,1H3. The van der Waals surface area contributed by atoms with E-state index >= 15 is 0 Å². The highest BCUT2D eigenvalue weighted by Gasteiger charge is 2.11. The van der Waals surface area contributed by atoms with Crippen molar-refractivity contribution in [2.45, 2.75) is 12.8 Å². The van der Waals surface area contributed by atoms with Gasteiger partial charge in [-0.3, -0.25) is 4.79 Å². The number of carbonyl (C=O) groups excluding carboxylic acids is 2. The fourth-order valence-electron chi connectivity index (χ4n) is 2.34. The van der Waals surface area contributed by atoms with Gasteiger partial charge in [0.2, 0.25) is 0 Å². The highest BCUT2D eigenvalue weighted by Crippen LogP contribution is 2.23. The summed E-state index contributed by atoms with van der Waals surface area (Å²) >= 11 is 5.87. The van der Waals surface area contributed by atoms with Crippen LogP contribution in [0, 0.1) is 0 Å². The van der Waals surface area contributed by atoms with E-state index in [2.05, 4.69) is 9.72 Å². The monoisotopic (exact) mass is 385 g/mol. The number of halogens is 1. The molecule has 7 heteroatoms. The molecule has 0 saturated carbocycles. The van der Waals surface area contributed by atoms with Gasteiger partial charge >= 0.3 is 11.9 Å². The maximum absolute atomic E-state index is 12.0. The Morgan fingerprint density at radius 2 is 1.78 bits per heavy atom. The Bertz CT molecular complexity index is 932. The summed E-state index contributed by atoms with van der Waals surface area (Å²) in [6.45, 7) is 0. The summed E-state index contributed by atoms with van der Waals surface area (Å²) in [4.78, 5) is 27.5. The molecule has 0 atom stereocenters. The fraction of sp³-hybridized carbons (Fsp3) is 0.150. The molecule has 2 aromatic carbocycles.